The molecule has 5 rings (SSSR count). The molecule has 2 aromatic carbocycles. The molecule has 42 heavy (non-hydrogen) atoms. The van der Waals surface area contributed by atoms with Crippen LogP contribution in [-0.2, 0) is 25.5 Å². The molecule has 2 amide bonds. The minimum atomic E-state index is -0.935. The van der Waals surface area contributed by atoms with Crippen LogP contribution >= 0.6 is 23.4 Å². The molecule has 2 aromatic rings. The Balaban J connectivity index is 1.65. The average molecular weight is 609 g/mol. The molecule has 7 nitrogen and oxygen atoms in total. The number of carbonyl (C=O) groups is 3. The number of aliphatic hydroxyl groups is 1. The van der Waals surface area contributed by atoms with E-state index in [2.05, 4.69) is 13.2 Å². The highest BCUT2D eigenvalue weighted by atomic mass is 35.5. The van der Waals surface area contributed by atoms with Crippen molar-refractivity contribution in [1.82, 2.24) is 4.90 Å². The highest BCUT2D eigenvalue weighted by Crippen LogP contribution is 2.72. The van der Waals surface area contributed by atoms with E-state index in [4.69, 9.17) is 16.3 Å². The number of para-hydroxylation sites is 1. The molecular formula is C33H37ClN2O5S. The fourth-order valence-corrected chi connectivity index (χ4v) is 9.94. The van der Waals surface area contributed by atoms with Crippen molar-refractivity contribution >= 4 is 46.8 Å². The third-order valence-electron chi connectivity index (χ3n) is 9.00. The number of halogens is 1. The molecule has 1 spiro atoms. The van der Waals surface area contributed by atoms with Gasteiger partial charge < -0.3 is 19.6 Å². The number of benzene rings is 2. The van der Waals surface area contributed by atoms with E-state index in [0.717, 1.165) is 11.1 Å². The van der Waals surface area contributed by atoms with Gasteiger partial charge in [0, 0.05) is 11.3 Å². The number of rotatable bonds is 11. The minimum absolute atomic E-state index is 0.0439. The van der Waals surface area contributed by atoms with E-state index < -0.39 is 39.4 Å². The van der Waals surface area contributed by atoms with E-state index in [1.165, 1.54) is 6.08 Å². The smallest absolute Gasteiger partial charge is 0.311 e. The molecule has 3 aliphatic heterocycles. The SMILES string of the molecule is C=CCOC(=O)[C@@H]1[C@H]2C(=O)N([C@@H](CO)Cc3ccccc3)C(C(=O)N(CC=C)c3c(C)cccc3Cl)C23CC[C@@]1(C)S3. The van der Waals surface area contributed by atoms with Gasteiger partial charge in [-0.2, -0.15) is 0 Å². The number of fused-ring (bicyclic) bond motifs is 1. The molecule has 3 fully saturated rings. The van der Waals surface area contributed by atoms with E-state index in [-0.39, 0.29) is 31.6 Å². The molecule has 222 valence electrons. The summed E-state index contributed by atoms with van der Waals surface area (Å²) in [7, 11) is 0. The molecule has 3 heterocycles. The fraction of sp³-hybridized carbons (Fsp3) is 0.424. The number of esters is 1. The van der Waals surface area contributed by atoms with Gasteiger partial charge in [-0.05, 0) is 50.3 Å². The van der Waals surface area contributed by atoms with Crippen LogP contribution in [0.2, 0.25) is 5.02 Å². The van der Waals surface area contributed by atoms with Gasteiger partial charge in [0.05, 0.1) is 39.9 Å². The summed E-state index contributed by atoms with van der Waals surface area (Å²) in [5.74, 6) is -2.55. The Labute approximate surface area is 256 Å². The van der Waals surface area contributed by atoms with Gasteiger partial charge in [-0.25, -0.2) is 0 Å². The monoisotopic (exact) mass is 608 g/mol. The number of aryl methyl sites for hydroxylation is 1. The number of nitrogens with zero attached hydrogens (tertiary/aromatic N) is 2. The van der Waals surface area contributed by atoms with E-state index >= 15 is 0 Å². The van der Waals surface area contributed by atoms with Crippen LogP contribution in [0.15, 0.2) is 73.8 Å². The van der Waals surface area contributed by atoms with Crippen molar-refractivity contribution in [2.45, 2.75) is 54.7 Å². The lowest BCUT2D eigenvalue weighted by atomic mass is 9.66. The van der Waals surface area contributed by atoms with Gasteiger partial charge >= 0.3 is 5.97 Å². The lowest BCUT2D eigenvalue weighted by Gasteiger charge is -2.40. The first kappa shape index (κ1) is 30.4. The lowest BCUT2D eigenvalue weighted by Crippen LogP contribution is -2.58. The fourth-order valence-electron chi connectivity index (χ4n) is 7.29. The summed E-state index contributed by atoms with van der Waals surface area (Å²) in [5.41, 5.74) is 2.30. The van der Waals surface area contributed by atoms with E-state index in [0.29, 0.717) is 30.0 Å². The highest BCUT2D eigenvalue weighted by molar-refractivity contribution is 8.02. The van der Waals surface area contributed by atoms with Gasteiger partial charge in [0.25, 0.3) is 5.91 Å². The van der Waals surface area contributed by atoms with Crippen LogP contribution in [0.4, 0.5) is 5.69 Å². The zero-order chi connectivity index (χ0) is 30.2. The second-order valence-corrected chi connectivity index (χ2v) is 13.9. The molecule has 0 radical (unpaired) electrons. The van der Waals surface area contributed by atoms with Crippen molar-refractivity contribution in [2.75, 3.05) is 24.7 Å². The summed E-state index contributed by atoms with van der Waals surface area (Å²) < 4.78 is 4.09. The molecule has 0 aromatic heterocycles. The Morgan fingerprint density at radius 2 is 1.93 bits per heavy atom. The van der Waals surface area contributed by atoms with Crippen LogP contribution in [0.5, 0.6) is 0 Å². The van der Waals surface area contributed by atoms with Gasteiger partial charge in [0.2, 0.25) is 5.91 Å². The zero-order valence-electron chi connectivity index (χ0n) is 24.0. The largest absolute Gasteiger partial charge is 0.461 e. The second kappa shape index (κ2) is 11.9. The standard InChI is InChI=1S/C33H37ClN2O5S/c1-5-17-35(27-21(3)11-10-14-24(27)34)30(39)28-33-16-15-32(4,42-33)26(31(40)41-18-6-2)25(33)29(38)36(28)23(20-37)19-22-12-8-7-9-13-22/h5-14,23,25-26,28,37H,1-2,15-20H2,3-4H3/t23-,25+,26+,28?,32-,33?/m1/s1. The first-order valence-corrected chi connectivity index (χ1v) is 15.4. The summed E-state index contributed by atoms with van der Waals surface area (Å²) in [4.78, 5) is 46.3. The second-order valence-electron chi connectivity index (χ2n) is 11.6. The number of hydrogen-bond donors (Lipinski definition) is 1. The third-order valence-corrected chi connectivity index (χ3v) is 11.3. The molecule has 3 saturated heterocycles. The highest BCUT2D eigenvalue weighted by Gasteiger charge is 2.78. The number of aliphatic hydroxyl groups excluding tert-OH is 1. The first-order chi connectivity index (χ1) is 20.1. The average Bonchev–Trinajstić information content (AvgIpc) is 3.55. The van der Waals surface area contributed by atoms with Crippen molar-refractivity contribution in [3.8, 4) is 0 Å². The van der Waals surface area contributed by atoms with Gasteiger partial charge in [-0.15, -0.1) is 18.3 Å². The maximum atomic E-state index is 14.9. The third kappa shape index (κ3) is 4.87. The van der Waals surface area contributed by atoms with Crippen LogP contribution in [0.3, 0.4) is 0 Å². The Kier molecular flexibility index (Phi) is 8.61. The van der Waals surface area contributed by atoms with Crippen LogP contribution < -0.4 is 4.90 Å². The molecule has 6 atom stereocenters. The summed E-state index contributed by atoms with van der Waals surface area (Å²) in [6.07, 6.45) is 4.74. The number of thioether (sulfide) groups is 1. The zero-order valence-corrected chi connectivity index (χ0v) is 25.6. The van der Waals surface area contributed by atoms with E-state index in [9.17, 15) is 19.5 Å². The Morgan fingerprint density at radius 3 is 2.57 bits per heavy atom. The molecule has 0 saturated carbocycles. The predicted octanol–water partition coefficient (Wildman–Crippen LogP) is 4.98. The molecular weight excluding hydrogens is 572 g/mol. The van der Waals surface area contributed by atoms with Crippen LogP contribution in [0.25, 0.3) is 0 Å². The normalized spacial score (nSPS) is 28.3. The summed E-state index contributed by atoms with van der Waals surface area (Å²) in [6.45, 7) is 11.3. The molecule has 2 unspecified atom stereocenters. The number of carbonyl (C=O) groups excluding carboxylic acids is 3. The van der Waals surface area contributed by atoms with Gasteiger partial charge in [0.15, 0.2) is 0 Å². The van der Waals surface area contributed by atoms with Crippen molar-refractivity contribution in [2.24, 2.45) is 11.8 Å². The quantitative estimate of drug-likeness (QED) is 0.286. The lowest BCUT2D eigenvalue weighted by molar-refractivity contribution is -0.155. The summed E-state index contributed by atoms with van der Waals surface area (Å²) in [5, 5.41) is 11.1. The summed E-state index contributed by atoms with van der Waals surface area (Å²) in [6, 6.07) is 13.4. The number of likely N-dealkylation sites (tertiary alicyclic amines) is 1. The molecule has 9 heteroatoms. The van der Waals surface area contributed by atoms with Crippen molar-refractivity contribution in [1.29, 1.82) is 0 Å². The van der Waals surface area contributed by atoms with Gasteiger partial charge in [0.1, 0.15) is 12.6 Å². The van der Waals surface area contributed by atoms with E-state index in [1.807, 2.05) is 56.3 Å². The number of anilines is 1. The topological polar surface area (TPSA) is 87.1 Å². The van der Waals surface area contributed by atoms with Gasteiger partial charge in [-0.3, -0.25) is 14.4 Å². The van der Waals surface area contributed by atoms with E-state index in [1.54, 1.807) is 33.7 Å². The maximum Gasteiger partial charge on any atom is 0.311 e. The predicted molar refractivity (Wildman–Crippen MR) is 166 cm³/mol. The molecule has 0 aliphatic carbocycles. The van der Waals surface area contributed by atoms with Crippen molar-refractivity contribution in [3.63, 3.8) is 0 Å². The Hall–Kier alpha value is -3.07. The van der Waals surface area contributed by atoms with Crippen LogP contribution in [0.1, 0.15) is 30.9 Å². The Morgan fingerprint density at radius 1 is 1.19 bits per heavy atom. The van der Waals surface area contributed by atoms with Crippen molar-refractivity contribution in [3.05, 3.63) is 90.0 Å². The molecule has 1 N–H and O–H groups in total. The summed E-state index contributed by atoms with van der Waals surface area (Å²) >= 11 is 8.24. The number of amides is 2. The van der Waals surface area contributed by atoms with Gasteiger partial charge in [-0.1, -0.05) is 72.8 Å². The van der Waals surface area contributed by atoms with Crippen LogP contribution in [-0.4, -0.2) is 69.1 Å². The first-order valence-electron chi connectivity index (χ1n) is 14.3. The molecule has 3 aliphatic rings. The minimum Gasteiger partial charge on any atom is -0.461 e. The number of hydrogen-bond acceptors (Lipinski definition) is 6. The Bertz CT molecular complexity index is 1380. The maximum absolute atomic E-state index is 14.9. The number of ether oxygens (including phenoxy) is 1. The molecule has 2 bridgehead atoms. The van der Waals surface area contributed by atoms with Crippen LogP contribution in [0, 0.1) is 18.8 Å². The van der Waals surface area contributed by atoms with Crippen molar-refractivity contribution < 1.29 is 24.2 Å².